The number of nitrogens with zero attached hydrogens (tertiary/aromatic N) is 3. The SMILES string of the molecule is C.COc1cc(CNCC2CCC(Nc3nc(N(C)C)c4ccccc4n3)CC2)cc(I)c1O. The Morgan fingerprint density at radius 3 is 2.56 bits per heavy atom. The third-order valence-electron chi connectivity index (χ3n) is 6.26. The molecule has 1 fully saturated rings. The van der Waals surface area contributed by atoms with E-state index in [1.54, 1.807) is 7.11 Å². The fourth-order valence-corrected chi connectivity index (χ4v) is 5.13. The van der Waals surface area contributed by atoms with Crippen LogP contribution in [-0.2, 0) is 6.54 Å². The van der Waals surface area contributed by atoms with E-state index < -0.39 is 0 Å². The standard InChI is InChI=1S/C25H32IN5O2.CH4/c1-31(2)24-19-6-4-5-7-21(19)29-25(30-24)28-18-10-8-16(9-11-18)14-27-15-17-12-20(26)23(32)22(13-17)33-3;/h4-7,12-13,16,18,27,32H,8-11,14-15H2,1-3H3,(H,28,29,30);1H4. The van der Waals surface area contributed by atoms with Crippen molar-refractivity contribution >= 4 is 45.3 Å². The van der Waals surface area contributed by atoms with Crippen LogP contribution in [0, 0.1) is 9.49 Å². The van der Waals surface area contributed by atoms with Crippen molar-refractivity contribution in [2.75, 3.05) is 38.0 Å². The molecule has 3 aromatic rings. The molecule has 0 unspecified atom stereocenters. The van der Waals surface area contributed by atoms with Crippen LogP contribution in [0.2, 0.25) is 0 Å². The van der Waals surface area contributed by atoms with Gasteiger partial charge >= 0.3 is 0 Å². The van der Waals surface area contributed by atoms with E-state index in [9.17, 15) is 5.11 Å². The Morgan fingerprint density at radius 2 is 1.85 bits per heavy atom. The van der Waals surface area contributed by atoms with Gasteiger partial charge in [0.05, 0.1) is 16.2 Å². The first-order chi connectivity index (χ1) is 15.9. The summed E-state index contributed by atoms with van der Waals surface area (Å²) in [6, 6.07) is 12.5. The van der Waals surface area contributed by atoms with Crippen LogP contribution < -0.4 is 20.3 Å². The second kappa shape index (κ2) is 11.9. The second-order valence-corrected chi connectivity index (χ2v) is 10.1. The zero-order valence-electron chi connectivity index (χ0n) is 19.4. The number of halogens is 1. The van der Waals surface area contributed by atoms with Crippen molar-refractivity contribution in [3.05, 3.63) is 45.5 Å². The topological polar surface area (TPSA) is 82.5 Å². The van der Waals surface area contributed by atoms with Crippen LogP contribution >= 0.6 is 22.6 Å². The van der Waals surface area contributed by atoms with Crippen molar-refractivity contribution in [2.45, 2.75) is 45.7 Å². The molecule has 1 heterocycles. The lowest BCUT2D eigenvalue weighted by Gasteiger charge is -2.29. The molecule has 2 aromatic carbocycles. The number of aromatic hydroxyl groups is 1. The van der Waals surface area contributed by atoms with Gasteiger partial charge in [0.2, 0.25) is 5.95 Å². The zero-order chi connectivity index (χ0) is 23.4. The third kappa shape index (κ3) is 6.21. The van der Waals surface area contributed by atoms with Crippen molar-refractivity contribution in [2.24, 2.45) is 5.92 Å². The average Bonchev–Trinajstić information content (AvgIpc) is 2.81. The highest BCUT2D eigenvalue weighted by atomic mass is 127. The number of hydrogen-bond donors (Lipinski definition) is 3. The van der Waals surface area contributed by atoms with Crippen LogP contribution in [-0.4, -0.2) is 48.9 Å². The molecule has 3 N–H and O–H groups in total. The number of nitrogens with one attached hydrogen (secondary N) is 2. The van der Waals surface area contributed by atoms with Crippen LogP contribution in [0.4, 0.5) is 11.8 Å². The predicted octanol–water partition coefficient (Wildman–Crippen LogP) is 5.41. The molecule has 1 saturated carbocycles. The molecule has 1 aliphatic rings. The van der Waals surface area contributed by atoms with E-state index in [2.05, 4.69) is 39.3 Å². The van der Waals surface area contributed by atoms with Gasteiger partial charge in [-0.3, -0.25) is 0 Å². The number of rotatable bonds is 8. The Bertz CT molecular complexity index is 1100. The first-order valence-electron chi connectivity index (χ1n) is 11.4. The minimum absolute atomic E-state index is 0. The molecule has 34 heavy (non-hydrogen) atoms. The maximum atomic E-state index is 10.0. The number of hydrogen-bond acceptors (Lipinski definition) is 7. The smallest absolute Gasteiger partial charge is 0.225 e. The Hall–Kier alpha value is -2.33. The van der Waals surface area contributed by atoms with E-state index in [0.29, 0.717) is 17.7 Å². The number of fused-ring (bicyclic) bond motifs is 1. The molecule has 4 rings (SSSR count). The van der Waals surface area contributed by atoms with Gasteiger partial charge in [-0.25, -0.2) is 4.98 Å². The lowest BCUT2D eigenvalue weighted by atomic mass is 9.86. The number of anilines is 2. The van der Waals surface area contributed by atoms with Gasteiger partial charge in [0.15, 0.2) is 11.5 Å². The minimum atomic E-state index is 0. The monoisotopic (exact) mass is 577 g/mol. The molecular formula is C26H36IN5O2. The zero-order valence-corrected chi connectivity index (χ0v) is 21.6. The fourth-order valence-electron chi connectivity index (χ4n) is 4.46. The van der Waals surface area contributed by atoms with Gasteiger partial charge in [-0.1, -0.05) is 19.6 Å². The highest BCUT2D eigenvalue weighted by molar-refractivity contribution is 14.1. The first-order valence-corrected chi connectivity index (χ1v) is 12.5. The van der Waals surface area contributed by atoms with E-state index >= 15 is 0 Å². The number of ether oxygens (including phenoxy) is 1. The van der Waals surface area contributed by atoms with Crippen molar-refractivity contribution in [1.82, 2.24) is 15.3 Å². The van der Waals surface area contributed by atoms with Gasteiger partial charge in [0.1, 0.15) is 5.82 Å². The van der Waals surface area contributed by atoms with E-state index in [1.807, 2.05) is 49.3 Å². The summed E-state index contributed by atoms with van der Waals surface area (Å²) in [7, 11) is 5.62. The number of aromatic nitrogens is 2. The first kappa shape index (κ1) is 26.3. The van der Waals surface area contributed by atoms with E-state index in [0.717, 1.165) is 57.7 Å². The Kier molecular flexibility index (Phi) is 9.18. The van der Waals surface area contributed by atoms with E-state index in [4.69, 9.17) is 14.7 Å². The van der Waals surface area contributed by atoms with Crippen molar-refractivity contribution in [3.63, 3.8) is 0 Å². The second-order valence-electron chi connectivity index (χ2n) is 8.90. The number of para-hydroxylation sites is 1. The van der Waals surface area contributed by atoms with Gasteiger partial charge in [-0.15, -0.1) is 0 Å². The van der Waals surface area contributed by atoms with Crippen molar-refractivity contribution < 1.29 is 9.84 Å². The van der Waals surface area contributed by atoms with Gasteiger partial charge in [0, 0.05) is 32.1 Å². The highest BCUT2D eigenvalue weighted by Gasteiger charge is 2.22. The van der Waals surface area contributed by atoms with Crippen LogP contribution in [0.3, 0.4) is 0 Å². The summed E-state index contributed by atoms with van der Waals surface area (Å²) in [5.41, 5.74) is 2.09. The molecule has 8 heteroatoms. The molecule has 0 amide bonds. The summed E-state index contributed by atoms with van der Waals surface area (Å²) in [4.78, 5) is 11.6. The Morgan fingerprint density at radius 1 is 1.12 bits per heavy atom. The van der Waals surface area contributed by atoms with Gasteiger partial charge in [-0.05, 0) is 90.6 Å². The molecule has 1 aromatic heterocycles. The highest BCUT2D eigenvalue weighted by Crippen LogP contribution is 2.32. The fraction of sp³-hybridized carbons (Fsp3) is 0.462. The lowest BCUT2D eigenvalue weighted by molar-refractivity contribution is 0.323. The molecule has 184 valence electrons. The maximum absolute atomic E-state index is 10.0. The van der Waals surface area contributed by atoms with Crippen molar-refractivity contribution in [3.8, 4) is 11.5 Å². The van der Waals surface area contributed by atoms with Gasteiger partial charge in [-0.2, -0.15) is 4.98 Å². The summed E-state index contributed by atoms with van der Waals surface area (Å²) in [6.45, 7) is 1.76. The summed E-state index contributed by atoms with van der Waals surface area (Å²) in [5.74, 6) is 3.06. The van der Waals surface area contributed by atoms with Crippen LogP contribution in [0.5, 0.6) is 11.5 Å². The normalized spacial score (nSPS) is 17.8. The average molecular weight is 578 g/mol. The molecule has 0 spiro atoms. The Labute approximate surface area is 216 Å². The molecule has 0 saturated heterocycles. The molecular weight excluding hydrogens is 541 g/mol. The number of methoxy groups -OCH3 is 1. The third-order valence-corrected chi connectivity index (χ3v) is 7.08. The molecule has 0 bridgehead atoms. The minimum Gasteiger partial charge on any atom is -0.504 e. The molecule has 1 aliphatic carbocycles. The van der Waals surface area contributed by atoms with Gasteiger partial charge < -0.3 is 25.4 Å². The lowest BCUT2D eigenvalue weighted by Crippen LogP contribution is -2.31. The molecule has 0 radical (unpaired) electrons. The van der Waals surface area contributed by atoms with E-state index in [-0.39, 0.29) is 13.2 Å². The largest absolute Gasteiger partial charge is 0.504 e. The van der Waals surface area contributed by atoms with Crippen molar-refractivity contribution in [1.29, 1.82) is 0 Å². The maximum Gasteiger partial charge on any atom is 0.225 e. The molecule has 0 aliphatic heterocycles. The molecule has 0 atom stereocenters. The number of phenols is 1. The van der Waals surface area contributed by atoms with E-state index in [1.165, 1.54) is 12.8 Å². The summed E-state index contributed by atoms with van der Waals surface area (Å²) in [6.07, 6.45) is 4.58. The summed E-state index contributed by atoms with van der Waals surface area (Å²) < 4.78 is 6.07. The van der Waals surface area contributed by atoms with Crippen LogP contribution in [0.15, 0.2) is 36.4 Å². The quantitative estimate of drug-likeness (QED) is 0.309. The Balaban J connectivity index is 0.00000324. The summed E-state index contributed by atoms with van der Waals surface area (Å²) >= 11 is 2.14. The molecule has 7 nitrogen and oxygen atoms in total. The predicted molar refractivity (Wildman–Crippen MR) is 149 cm³/mol. The number of phenolic OH excluding ortho intramolecular Hbond substituents is 1. The summed E-state index contributed by atoms with van der Waals surface area (Å²) in [5, 5.41) is 18.2. The van der Waals surface area contributed by atoms with Crippen LogP contribution in [0.25, 0.3) is 10.9 Å². The number of benzene rings is 2. The van der Waals surface area contributed by atoms with Crippen LogP contribution in [0.1, 0.15) is 38.7 Å². The van der Waals surface area contributed by atoms with Gasteiger partial charge in [0.25, 0.3) is 0 Å².